The quantitative estimate of drug-likeness (QED) is 0.853. The molecule has 0 amide bonds. The fourth-order valence-corrected chi connectivity index (χ4v) is 1.31. The highest BCUT2D eigenvalue weighted by Gasteiger charge is 2.27. The van der Waals surface area contributed by atoms with Crippen LogP contribution in [0.4, 0.5) is 0 Å². The maximum atomic E-state index is 5.63. The molecule has 0 bridgehead atoms. The number of nitrogens with two attached hydrogens (primary N) is 1. The molecular weight excluding hydrogens is 223 g/mol. The second-order valence-electron chi connectivity index (χ2n) is 3.16. The smallest absolute Gasteiger partial charge is 0.137 e. The number of halogens is 2. The highest BCUT2D eigenvalue weighted by molar-refractivity contribution is 5.85. The van der Waals surface area contributed by atoms with Gasteiger partial charge in [-0.15, -0.1) is 24.8 Å². The third-order valence-electron chi connectivity index (χ3n) is 2.07. The summed E-state index contributed by atoms with van der Waals surface area (Å²) in [5.41, 5.74) is 5.63. The van der Waals surface area contributed by atoms with Crippen molar-refractivity contribution < 1.29 is 4.74 Å². The monoisotopic (exact) mass is 236 g/mol. The van der Waals surface area contributed by atoms with E-state index in [1.165, 1.54) is 0 Å². The Kier molecular flexibility index (Phi) is 5.84. The van der Waals surface area contributed by atoms with E-state index in [1.54, 1.807) is 12.4 Å². The Balaban J connectivity index is 0.000000845. The van der Waals surface area contributed by atoms with E-state index in [9.17, 15) is 0 Å². The molecular formula is C9H14Cl2N2O. The Bertz CT molecular complexity index is 252. The fraction of sp³-hybridized carbons (Fsp3) is 0.444. The van der Waals surface area contributed by atoms with Gasteiger partial charge in [0.2, 0.25) is 0 Å². The number of nitrogens with zero attached hydrogens (tertiary/aromatic N) is 1. The van der Waals surface area contributed by atoms with E-state index < -0.39 is 0 Å². The molecule has 2 rings (SSSR count). The summed E-state index contributed by atoms with van der Waals surface area (Å²) in [7, 11) is 0. The third-order valence-corrected chi connectivity index (χ3v) is 2.07. The molecule has 1 heterocycles. The summed E-state index contributed by atoms with van der Waals surface area (Å²) < 4.78 is 5.58. The molecule has 0 saturated heterocycles. The Morgan fingerprint density at radius 2 is 2.07 bits per heavy atom. The van der Waals surface area contributed by atoms with E-state index >= 15 is 0 Å². The van der Waals surface area contributed by atoms with Crippen LogP contribution >= 0.6 is 24.8 Å². The molecule has 2 N–H and O–H groups in total. The van der Waals surface area contributed by atoms with Gasteiger partial charge in [-0.25, -0.2) is 0 Å². The first-order valence-electron chi connectivity index (χ1n) is 4.17. The van der Waals surface area contributed by atoms with Gasteiger partial charge in [0.05, 0.1) is 6.20 Å². The van der Waals surface area contributed by atoms with Gasteiger partial charge in [0, 0.05) is 12.2 Å². The molecule has 0 radical (unpaired) electrons. The highest BCUT2D eigenvalue weighted by atomic mass is 35.5. The van der Waals surface area contributed by atoms with Crippen LogP contribution in [0.15, 0.2) is 24.5 Å². The topological polar surface area (TPSA) is 48.1 Å². The van der Waals surface area contributed by atoms with E-state index in [4.69, 9.17) is 10.5 Å². The lowest BCUT2D eigenvalue weighted by atomic mass is 9.90. The van der Waals surface area contributed by atoms with Crippen LogP contribution in [0.5, 0.6) is 5.75 Å². The average molecular weight is 237 g/mol. The summed E-state index contributed by atoms with van der Waals surface area (Å²) in [5, 5.41) is 0. The molecule has 1 aromatic rings. The summed E-state index contributed by atoms with van der Waals surface area (Å²) in [5.74, 6) is 0.842. The maximum Gasteiger partial charge on any atom is 0.137 e. The second-order valence-corrected chi connectivity index (χ2v) is 3.16. The molecule has 1 aliphatic rings. The van der Waals surface area contributed by atoms with Gasteiger partial charge in [-0.1, -0.05) is 0 Å². The first kappa shape index (κ1) is 13.5. The van der Waals surface area contributed by atoms with E-state index in [0.29, 0.717) is 12.1 Å². The Morgan fingerprint density at radius 3 is 2.57 bits per heavy atom. The largest absolute Gasteiger partial charge is 0.489 e. The molecule has 14 heavy (non-hydrogen) atoms. The average Bonchev–Trinajstić information content (AvgIpc) is 2.04. The van der Waals surface area contributed by atoms with Gasteiger partial charge in [-0.05, 0) is 25.0 Å². The fourth-order valence-electron chi connectivity index (χ4n) is 1.31. The minimum Gasteiger partial charge on any atom is -0.489 e. The SMILES string of the molecule is Cl.Cl.N[C@H]1C[C@H](Oc2cccnc2)C1. The summed E-state index contributed by atoms with van der Waals surface area (Å²) in [6, 6.07) is 4.12. The Labute approximate surface area is 95.9 Å². The molecule has 1 fully saturated rings. The first-order valence-corrected chi connectivity index (χ1v) is 4.17. The normalized spacial score (nSPS) is 23.8. The summed E-state index contributed by atoms with van der Waals surface area (Å²) >= 11 is 0. The third kappa shape index (κ3) is 3.33. The van der Waals surface area contributed by atoms with Gasteiger partial charge in [0.25, 0.3) is 0 Å². The zero-order valence-electron chi connectivity index (χ0n) is 7.63. The minimum atomic E-state index is 0. The zero-order chi connectivity index (χ0) is 8.39. The van der Waals surface area contributed by atoms with Crippen molar-refractivity contribution in [3.8, 4) is 5.75 Å². The van der Waals surface area contributed by atoms with Crippen LogP contribution in [0.2, 0.25) is 0 Å². The lowest BCUT2D eigenvalue weighted by Crippen LogP contribution is -2.43. The van der Waals surface area contributed by atoms with E-state index in [2.05, 4.69) is 4.98 Å². The van der Waals surface area contributed by atoms with Crippen LogP contribution in [-0.4, -0.2) is 17.1 Å². The van der Waals surface area contributed by atoms with E-state index in [1.807, 2.05) is 12.1 Å². The second kappa shape index (κ2) is 6.06. The Hall–Kier alpha value is -0.510. The van der Waals surface area contributed by atoms with E-state index in [0.717, 1.165) is 18.6 Å². The van der Waals surface area contributed by atoms with Crippen LogP contribution in [-0.2, 0) is 0 Å². The van der Waals surface area contributed by atoms with Gasteiger partial charge in [-0.2, -0.15) is 0 Å². The van der Waals surface area contributed by atoms with Gasteiger partial charge in [0.1, 0.15) is 11.9 Å². The lowest BCUT2D eigenvalue weighted by Gasteiger charge is -2.32. The van der Waals surface area contributed by atoms with Crippen molar-refractivity contribution in [3.05, 3.63) is 24.5 Å². The summed E-state index contributed by atoms with van der Waals surface area (Å²) in [6.07, 6.45) is 5.71. The predicted molar refractivity (Wildman–Crippen MR) is 60.4 cm³/mol. The number of hydrogen-bond donors (Lipinski definition) is 1. The molecule has 5 heteroatoms. The van der Waals surface area contributed by atoms with Gasteiger partial charge < -0.3 is 10.5 Å². The molecule has 1 aliphatic carbocycles. The number of pyridine rings is 1. The molecule has 3 nitrogen and oxygen atoms in total. The summed E-state index contributed by atoms with van der Waals surface area (Å²) in [6.45, 7) is 0. The van der Waals surface area contributed by atoms with Crippen molar-refractivity contribution in [1.82, 2.24) is 4.98 Å². The van der Waals surface area contributed by atoms with Gasteiger partial charge in [0.15, 0.2) is 0 Å². The van der Waals surface area contributed by atoms with Crippen molar-refractivity contribution in [2.24, 2.45) is 5.73 Å². The van der Waals surface area contributed by atoms with Gasteiger partial charge in [-0.3, -0.25) is 4.98 Å². The first-order chi connectivity index (χ1) is 5.84. The Morgan fingerprint density at radius 1 is 1.36 bits per heavy atom. The number of rotatable bonds is 2. The molecule has 0 spiro atoms. The highest BCUT2D eigenvalue weighted by Crippen LogP contribution is 2.23. The maximum absolute atomic E-state index is 5.63. The van der Waals surface area contributed by atoms with Gasteiger partial charge >= 0.3 is 0 Å². The van der Waals surface area contributed by atoms with Crippen LogP contribution in [0.1, 0.15) is 12.8 Å². The molecule has 1 aromatic heterocycles. The molecule has 0 aromatic carbocycles. The van der Waals surface area contributed by atoms with Crippen LogP contribution in [0.25, 0.3) is 0 Å². The predicted octanol–water partition coefficient (Wildman–Crippen LogP) is 1.79. The molecule has 0 aliphatic heterocycles. The number of aromatic nitrogens is 1. The van der Waals surface area contributed by atoms with Crippen LogP contribution in [0, 0.1) is 0 Å². The number of ether oxygens (including phenoxy) is 1. The van der Waals surface area contributed by atoms with Crippen molar-refractivity contribution in [2.75, 3.05) is 0 Å². The zero-order valence-corrected chi connectivity index (χ0v) is 9.26. The molecule has 1 saturated carbocycles. The molecule has 0 atom stereocenters. The minimum absolute atomic E-state index is 0. The van der Waals surface area contributed by atoms with Crippen LogP contribution < -0.4 is 10.5 Å². The number of hydrogen-bond acceptors (Lipinski definition) is 3. The van der Waals surface area contributed by atoms with Crippen molar-refractivity contribution in [1.29, 1.82) is 0 Å². The summed E-state index contributed by atoms with van der Waals surface area (Å²) in [4.78, 5) is 3.96. The van der Waals surface area contributed by atoms with Crippen molar-refractivity contribution in [2.45, 2.75) is 25.0 Å². The molecule has 0 unspecified atom stereocenters. The molecule has 80 valence electrons. The van der Waals surface area contributed by atoms with Crippen molar-refractivity contribution >= 4 is 24.8 Å². The van der Waals surface area contributed by atoms with E-state index in [-0.39, 0.29) is 24.8 Å². The van der Waals surface area contributed by atoms with Crippen LogP contribution in [0.3, 0.4) is 0 Å². The lowest BCUT2D eigenvalue weighted by molar-refractivity contribution is 0.100. The standard InChI is InChI=1S/C9H12N2O.2ClH/c10-7-4-9(5-7)12-8-2-1-3-11-6-8;;/h1-3,6-7,9H,4-5,10H2;2*1H/t7-,9-;;. The van der Waals surface area contributed by atoms with Crippen molar-refractivity contribution in [3.63, 3.8) is 0 Å².